The van der Waals surface area contributed by atoms with Crippen molar-refractivity contribution in [1.82, 2.24) is 10.6 Å². The highest BCUT2D eigenvalue weighted by Crippen LogP contribution is 2.40. The van der Waals surface area contributed by atoms with E-state index in [1.807, 2.05) is 0 Å². The third-order valence-corrected chi connectivity index (χ3v) is 19.5. The molecule has 47 nitrogen and oxygen atoms in total. The van der Waals surface area contributed by atoms with Gasteiger partial charge in [-0.2, -0.15) is 0 Å². The first-order valence-electron chi connectivity index (χ1n) is 33.5. The molecule has 9 saturated heterocycles. The van der Waals surface area contributed by atoms with Crippen LogP contribution in [0.25, 0.3) is 0 Å². The van der Waals surface area contributed by atoms with Gasteiger partial charge >= 0.3 is 0 Å². The molecule has 47 heteroatoms. The molecule has 0 unspecified atom stereocenters. The highest BCUT2D eigenvalue weighted by molar-refractivity contribution is 5.73. The van der Waals surface area contributed by atoms with Gasteiger partial charge in [0.2, 0.25) is 11.8 Å². The van der Waals surface area contributed by atoms with Crippen LogP contribution in [0.1, 0.15) is 20.8 Å². The molecule has 0 aromatic heterocycles. The second kappa shape index (κ2) is 37.2. The smallest absolute Gasteiger partial charge is 0.217 e. The molecule has 2 amide bonds. The molecule has 9 aliphatic heterocycles. The van der Waals surface area contributed by atoms with Gasteiger partial charge in [-0.25, -0.2) is 0 Å². The van der Waals surface area contributed by atoms with Crippen LogP contribution < -0.4 is 10.6 Å². The van der Waals surface area contributed by atoms with E-state index >= 15 is 0 Å². The Morgan fingerprint density at radius 2 is 0.552 bits per heavy atom. The lowest BCUT2D eigenvalue weighted by atomic mass is 9.94. The van der Waals surface area contributed by atoms with Gasteiger partial charge in [-0.15, -0.1) is 0 Å². The second-order valence-electron chi connectivity index (χ2n) is 26.7. The standard InChI is InChI=1S/C58H98N2O45/c1-12-44(32(76)23(50(88)91-12)59-13(2)67)100-51-24(60-14(3)68)33(77)45(20(9-66)97-51)101-56-43(87)47(103-57-49(38(82)29(73)18(7-64)95-57)105-58-48(37(81)28(72)19(8-65)96-58)104-55-41(85)36(80)27(71)17(6-63)94-55)31(75)22(99-56)11-90-53-42(86)46(102-54-40(84)35(79)26(70)16(5-62)93-54)30(74)21(98-53)10-89-52-39(83)34(78)25(69)15(4-61)92-52/h12,15-58,61-66,69-88H,4-11H2,1-3H3,(H,59,67)(H,60,68)/t12-,15-,16-,17-,18-,19-,20-,21-,22-,23-,24-,25-,26-,27-,28-,29-,30-,31-,32-,33-,34+,35+,36+,37+,38+,39+,40+,41+,42+,43+,44-,45-,46+,47+,48+,49+,50-,51+,52+,53+,54-,55-,56+,57-,58-/m1/s1. The quantitative estimate of drug-likeness (QED) is 0.0382. The molecule has 0 radical (unpaired) electrons. The van der Waals surface area contributed by atoms with Crippen LogP contribution in [0.5, 0.6) is 0 Å². The van der Waals surface area contributed by atoms with Crippen LogP contribution in [0.2, 0.25) is 0 Å². The van der Waals surface area contributed by atoms with Crippen molar-refractivity contribution in [3.63, 3.8) is 0 Å². The molecule has 105 heavy (non-hydrogen) atoms. The zero-order valence-electron chi connectivity index (χ0n) is 56.0. The summed E-state index contributed by atoms with van der Waals surface area (Å²) in [5, 5.41) is 291. The van der Waals surface area contributed by atoms with E-state index in [2.05, 4.69) is 10.6 Å². The van der Waals surface area contributed by atoms with Gasteiger partial charge in [-0.05, 0) is 6.92 Å². The van der Waals surface area contributed by atoms with Crippen molar-refractivity contribution < 1.29 is 223 Å². The fourth-order valence-electron chi connectivity index (χ4n) is 13.5. The van der Waals surface area contributed by atoms with Crippen LogP contribution in [-0.2, 0) is 90.1 Å². The fourth-order valence-corrected chi connectivity index (χ4v) is 13.5. The van der Waals surface area contributed by atoms with Crippen LogP contribution in [0.15, 0.2) is 0 Å². The Balaban J connectivity index is 1.06. The maximum absolute atomic E-state index is 12.9. The molecule has 9 heterocycles. The summed E-state index contributed by atoms with van der Waals surface area (Å²) in [4.78, 5) is 25.0. The Bertz CT molecular complexity index is 2690. The fraction of sp³-hybridized carbons (Fsp3) is 0.966. The Morgan fingerprint density at radius 1 is 0.267 bits per heavy atom. The number of carbonyl (C=O) groups excluding carboxylic acids is 2. The summed E-state index contributed by atoms with van der Waals surface area (Å²) < 4.78 is 99.2. The summed E-state index contributed by atoms with van der Waals surface area (Å²) in [6.45, 7) is -5.23. The molecule has 0 spiro atoms. The van der Waals surface area contributed by atoms with Crippen molar-refractivity contribution in [3.8, 4) is 0 Å². The average molecular weight is 1540 g/mol. The van der Waals surface area contributed by atoms with E-state index in [1.54, 1.807) is 0 Å². The minimum absolute atomic E-state index is 0.730. The number of hydrogen-bond donors (Lipinski definition) is 28. The minimum atomic E-state index is -2.56. The molecule has 0 bridgehead atoms. The minimum Gasteiger partial charge on any atom is -0.394 e. The maximum Gasteiger partial charge on any atom is 0.217 e. The Kier molecular flexibility index (Phi) is 30.6. The van der Waals surface area contributed by atoms with Crippen LogP contribution in [0.3, 0.4) is 0 Å². The second-order valence-corrected chi connectivity index (χ2v) is 26.7. The Morgan fingerprint density at radius 3 is 0.981 bits per heavy atom. The van der Waals surface area contributed by atoms with Gasteiger partial charge in [-0.3, -0.25) is 9.59 Å². The average Bonchev–Trinajstić information content (AvgIpc) is 0.754. The molecule has 45 atom stereocenters. The van der Waals surface area contributed by atoms with Crippen LogP contribution in [0.4, 0.5) is 0 Å². The Labute approximate surface area is 593 Å². The maximum atomic E-state index is 12.9. The summed E-state index contributed by atoms with van der Waals surface area (Å²) >= 11 is 0. The summed E-state index contributed by atoms with van der Waals surface area (Å²) in [7, 11) is 0. The topological polar surface area (TPSA) is 741 Å². The van der Waals surface area contributed by atoms with Gasteiger partial charge in [0, 0.05) is 13.8 Å². The lowest BCUT2D eigenvalue weighted by molar-refractivity contribution is -0.408. The summed E-state index contributed by atoms with van der Waals surface area (Å²) in [6, 6.07) is -3.38. The summed E-state index contributed by atoms with van der Waals surface area (Å²) in [5.74, 6) is -1.63. The van der Waals surface area contributed by atoms with E-state index in [0.717, 1.165) is 13.8 Å². The SMILES string of the molecule is CC(=O)N[C@@H]1[C@@H](O)[C@H](O[C@@H]2O[C@H](CO)[C@@H](O[C@@H]3O[C@H](CO[C@H]4O[C@H](CO[C@H]5O[C@H](CO)[C@@H](O)[C@H](O)[C@@H]5O)[C@@H](O)[C@H](O[C@H]5O[C@H](CO)[C@@H](O)[C@H](O)[C@@H]5O)[C@@H]4O)[C@@H](O)[C@H](O[C@H]4O[C@H](CO)[C@@H](O)[C@H](O)[C@@H]4O[C@H]4O[C@H](CO)[C@@H](O)[C@H](O)[C@@H]4O[C@H]4O[C@H](CO)[C@@H](O)[C@H](O)[C@@H]4O)[C@@H]3O)[C@H](O)[C@H]2NC(C)=O)[C@@H](C)O[C@H]1O. The zero-order valence-corrected chi connectivity index (χ0v) is 56.0. The van der Waals surface area contributed by atoms with Gasteiger partial charge in [0.25, 0.3) is 0 Å². The lowest BCUT2D eigenvalue weighted by Crippen LogP contribution is -2.70. The van der Waals surface area contributed by atoms with Gasteiger partial charge in [0.15, 0.2) is 56.6 Å². The molecule has 28 N–H and O–H groups in total. The third-order valence-electron chi connectivity index (χ3n) is 19.5. The first-order valence-corrected chi connectivity index (χ1v) is 33.5. The summed E-state index contributed by atoms with van der Waals surface area (Å²) in [6.07, 6.45) is -89.2. The van der Waals surface area contributed by atoms with Gasteiger partial charge in [0.05, 0.1) is 59.0 Å². The molecule has 0 aromatic rings. The number of ether oxygens (including phenoxy) is 17. The molecule has 0 aromatic carbocycles. The Hall–Kier alpha value is -2.78. The molecular formula is C58H98N2O45. The molecule has 610 valence electrons. The van der Waals surface area contributed by atoms with E-state index in [-0.39, 0.29) is 0 Å². The van der Waals surface area contributed by atoms with Crippen LogP contribution >= 0.6 is 0 Å². The van der Waals surface area contributed by atoms with E-state index in [9.17, 15) is 142 Å². The number of aliphatic hydroxyl groups is 26. The number of carbonyl (C=O) groups is 2. The molecule has 9 rings (SSSR count). The van der Waals surface area contributed by atoms with Gasteiger partial charge < -0.3 is 224 Å². The summed E-state index contributed by atoms with van der Waals surface area (Å²) in [5.41, 5.74) is 0. The number of rotatable bonds is 26. The van der Waals surface area contributed by atoms with Crippen molar-refractivity contribution in [2.45, 2.75) is 297 Å². The van der Waals surface area contributed by atoms with Crippen LogP contribution in [-0.4, -0.2) is 474 Å². The molecule has 9 fully saturated rings. The third kappa shape index (κ3) is 18.6. The molecule has 0 aliphatic carbocycles. The number of amides is 2. The van der Waals surface area contributed by atoms with E-state index < -0.39 is 341 Å². The molecule has 0 saturated carbocycles. The zero-order chi connectivity index (χ0) is 77.2. The van der Waals surface area contributed by atoms with E-state index in [4.69, 9.17) is 80.5 Å². The largest absolute Gasteiger partial charge is 0.394 e. The van der Waals surface area contributed by atoms with Gasteiger partial charge in [0.1, 0.15) is 214 Å². The van der Waals surface area contributed by atoms with Crippen molar-refractivity contribution in [3.05, 3.63) is 0 Å². The highest BCUT2D eigenvalue weighted by atomic mass is 16.8. The highest BCUT2D eigenvalue weighted by Gasteiger charge is 2.60. The normalized spacial score (nSPS) is 51.5. The first-order chi connectivity index (χ1) is 49.6. The van der Waals surface area contributed by atoms with E-state index in [0.29, 0.717) is 0 Å². The van der Waals surface area contributed by atoms with Crippen LogP contribution in [0, 0.1) is 0 Å². The monoisotopic (exact) mass is 1540 g/mol. The molecular weight excluding hydrogens is 1440 g/mol. The van der Waals surface area contributed by atoms with Crippen molar-refractivity contribution in [1.29, 1.82) is 0 Å². The predicted molar refractivity (Wildman–Crippen MR) is 319 cm³/mol. The number of aliphatic hydroxyl groups excluding tert-OH is 26. The van der Waals surface area contributed by atoms with E-state index in [1.165, 1.54) is 6.92 Å². The lowest BCUT2D eigenvalue weighted by Gasteiger charge is -2.51. The van der Waals surface area contributed by atoms with Gasteiger partial charge in [-0.1, -0.05) is 0 Å². The number of nitrogens with one attached hydrogen (secondary N) is 2. The van der Waals surface area contributed by atoms with Crippen molar-refractivity contribution in [2.24, 2.45) is 0 Å². The first kappa shape index (κ1) is 86.2. The van der Waals surface area contributed by atoms with Crippen molar-refractivity contribution in [2.75, 3.05) is 52.9 Å². The molecule has 9 aliphatic rings. The van der Waals surface area contributed by atoms with Crippen molar-refractivity contribution >= 4 is 11.8 Å². The predicted octanol–water partition coefficient (Wildman–Crippen LogP) is -19.3. The number of hydrogen-bond acceptors (Lipinski definition) is 45.